The van der Waals surface area contributed by atoms with Crippen LogP contribution in [0.15, 0.2) is 42.5 Å². The number of phenolic OH excluding ortho intramolecular Hbond substituents is 4. The summed E-state index contributed by atoms with van der Waals surface area (Å²) >= 11 is 0. The molecule has 25 heavy (non-hydrogen) atoms. The fraction of sp³-hybridized carbons (Fsp3) is 0.211. The van der Waals surface area contributed by atoms with Crippen LogP contribution in [0.2, 0.25) is 0 Å². The highest BCUT2D eigenvalue weighted by Gasteiger charge is 2.10. The lowest BCUT2D eigenvalue weighted by molar-refractivity contribution is -0.116. The van der Waals surface area contributed by atoms with Crippen molar-refractivity contribution in [3.63, 3.8) is 0 Å². The van der Waals surface area contributed by atoms with Crippen molar-refractivity contribution in [3.8, 4) is 23.0 Å². The third-order valence-corrected chi connectivity index (χ3v) is 3.70. The van der Waals surface area contributed by atoms with Crippen LogP contribution in [-0.2, 0) is 11.2 Å². The van der Waals surface area contributed by atoms with E-state index in [1.807, 2.05) is 0 Å². The van der Waals surface area contributed by atoms with Gasteiger partial charge >= 0.3 is 0 Å². The number of aromatic hydroxyl groups is 4. The zero-order chi connectivity index (χ0) is 18.4. The summed E-state index contributed by atoms with van der Waals surface area (Å²) < 4.78 is 0. The number of aryl methyl sites for hydroxylation is 1. The second kappa shape index (κ2) is 8.21. The number of allylic oxidation sites excluding steroid dienone is 1. The number of phenols is 4. The summed E-state index contributed by atoms with van der Waals surface area (Å²) in [5.74, 6) is -1.20. The van der Waals surface area contributed by atoms with Crippen molar-refractivity contribution < 1.29 is 30.3 Å². The van der Waals surface area contributed by atoms with Crippen molar-refractivity contribution in [2.45, 2.75) is 25.4 Å². The molecule has 0 aliphatic rings. The van der Waals surface area contributed by atoms with Crippen molar-refractivity contribution in [3.05, 3.63) is 53.6 Å². The molecule has 2 aromatic carbocycles. The van der Waals surface area contributed by atoms with Crippen LogP contribution < -0.4 is 0 Å². The van der Waals surface area contributed by atoms with E-state index in [2.05, 4.69) is 0 Å². The number of carbonyl (C=O) groups excluding carboxylic acids is 1. The molecule has 0 fully saturated rings. The van der Waals surface area contributed by atoms with E-state index in [0.29, 0.717) is 18.4 Å². The Kier molecular flexibility index (Phi) is 6.03. The van der Waals surface area contributed by atoms with Gasteiger partial charge in [0.15, 0.2) is 28.8 Å². The quantitative estimate of drug-likeness (QED) is 0.389. The lowest BCUT2D eigenvalue weighted by Gasteiger charge is -2.09. The van der Waals surface area contributed by atoms with Crippen molar-refractivity contribution in [2.75, 3.05) is 0 Å². The minimum absolute atomic E-state index is 0.0510. The first-order valence-corrected chi connectivity index (χ1v) is 7.77. The van der Waals surface area contributed by atoms with Crippen LogP contribution in [0, 0.1) is 0 Å². The van der Waals surface area contributed by atoms with Crippen LogP contribution in [0.25, 0.3) is 6.08 Å². The summed E-state index contributed by atoms with van der Waals surface area (Å²) in [5.41, 5.74) is 1.30. The summed E-state index contributed by atoms with van der Waals surface area (Å²) in [7, 11) is 0. The number of hydrogen-bond donors (Lipinski definition) is 5. The minimum Gasteiger partial charge on any atom is -0.504 e. The van der Waals surface area contributed by atoms with Crippen LogP contribution >= 0.6 is 0 Å². The molecule has 2 rings (SSSR count). The van der Waals surface area contributed by atoms with Gasteiger partial charge in [-0.15, -0.1) is 0 Å². The Hall–Kier alpha value is -2.99. The third-order valence-electron chi connectivity index (χ3n) is 3.70. The molecule has 0 amide bonds. The van der Waals surface area contributed by atoms with Crippen molar-refractivity contribution >= 4 is 11.9 Å². The van der Waals surface area contributed by atoms with Gasteiger partial charge in [0.2, 0.25) is 0 Å². The zero-order valence-corrected chi connectivity index (χ0v) is 13.5. The van der Waals surface area contributed by atoms with E-state index in [1.54, 1.807) is 12.1 Å². The monoisotopic (exact) mass is 344 g/mol. The molecule has 1 atom stereocenters. The predicted octanol–water partition coefficient (Wildman–Crippen LogP) is 2.48. The lowest BCUT2D eigenvalue weighted by Crippen LogP contribution is -2.12. The van der Waals surface area contributed by atoms with Crippen molar-refractivity contribution in [2.24, 2.45) is 0 Å². The molecule has 0 saturated carbocycles. The molecule has 6 nitrogen and oxygen atoms in total. The molecule has 132 valence electrons. The second-order valence-electron chi connectivity index (χ2n) is 5.77. The van der Waals surface area contributed by atoms with Gasteiger partial charge in [0, 0.05) is 6.42 Å². The van der Waals surface area contributed by atoms with Gasteiger partial charge in [0.25, 0.3) is 0 Å². The van der Waals surface area contributed by atoms with E-state index >= 15 is 0 Å². The van der Waals surface area contributed by atoms with Gasteiger partial charge in [-0.1, -0.05) is 18.2 Å². The van der Waals surface area contributed by atoms with Gasteiger partial charge in [0.1, 0.15) is 0 Å². The molecule has 2 aromatic rings. The number of carbonyl (C=O) groups is 1. The van der Waals surface area contributed by atoms with E-state index in [0.717, 1.165) is 5.56 Å². The first-order valence-electron chi connectivity index (χ1n) is 7.77. The molecule has 0 aliphatic heterocycles. The van der Waals surface area contributed by atoms with E-state index < -0.39 is 6.10 Å². The van der Waals surface area contributed by atoms with E-state index in [4.69, 9.17) is 0 Å². The molecular formula is C19H20O6. The Morgan fingerprint density at radius 3 is 2.20 bits per heavy atom. The summed E-state index contributed by atoms with van der Waals surface area (Å²) in [6.45, 7) is 0. The van der Waals surface area contributed by atoms with E-state index in [-0.39, 0.29) is 35.2 Å². The highest BCUT2D eigenvalue weighted by Crippen LogP contribution is 2.26. The van der Waals surface area contributed by atoms with Crippen LogP contribution in [0.5, 0.6) is 23.0 Å². The Morgan fingerprint density at radius 1 is 0.920 bits per heavy atom. The molecule has 0 bridgehead atoms. The van der Waals surface area contributed by atoms with E-state index in [1.165, 1.54) is 36.4 Å². The Morgan fingerprint density at radius 2 is 1.56 bits per heavy atom. The fourth-order valence-corrected chi connectivity index (χ4v) is 2.29. The van der Waals surface area contributed by atoms with Crippen LogP contribution in [0.4, 0.5) is 0 Å². The molecule has 0 radical (unpaired) electrons. The molecule has 6 heteroatoms. The van der Waals surface area contributed by atoms with Gasteiger partial charge < -0.3 is 25.5 Å². The van der Waals surface area contributed by atoms with Crippen LogP contribution in [0.3, 0.4) is 0 Å². The van der Waals surface area contributed by atoms with Gasteiger partial charge in [-0.25, -0.2) is 0 Å². The number of ketones is 1. The molecule has 0 unspecified atom stereocenters. The third kappa shape index (κ3) is 5.54. The van der Waals surface area contributed by atoms with Crippen LogP contribution in [0.1, 0.15) is 24.0 Å². The summed E-state index contributed by atoms with van der Waals surface area (Å²) in [5, 5.41) is 47.2. The zero-order valence-electron chi connectivity index (χ0n) is 13.5. The normalized spacial score (nSPS) is 12.4. The van der Waals surface area contributed by atoms with Crippen molar-refractivity contribution in [1.82, 2.24) is 0 Å². The predicted molar refractivity (Wildman–Crippen MR) is 92.5 cm³/mol. The summed E-state index contributed by atoms with van der Waals surface area (Å²) in [6, 6.07) is 8.63. The van der Waals surface area contributed by atoms with Crippen molar-refractivity contribution in [1.29, 1.82) is 0 Å². The number of aliphatic hydroxyl groups is 1. The Labute approximate surface area is 144 Å². The Bertz CT molecular complexity index is 781. The largest absolute Gasteiger partial charge is 0.504 e. The highest BCUT2D eigenvalue weighted by molar-refractivity contribution is 5.93. The van der Waals surface area contributed by atoms with Gasteiger partial charge in [-0.05, 0) is 54.3 Å². The maximum Gasteiger partial charge on any atom is 0.158 e. The van der Waals surface area contributed by atoms with Gasteiger partial charge in [0.05, 0.1) is 6.10 Å². The lowest BCUT2D eigenvalue weighted by atomic mass is 10.0. The second-order valence-corrected chi connectivity index (χ2v) is 5.77. The smallest absolute Gasteiger partial charge is 0.158 e. The maximum atomic E-state index is 11.9. The molecule has 0 saturated heterocycles. The molecule has 0 aliphatic carbocycles. The number of aliphatic hydroxyl groups excluding tert-OH is 1. The Balaban J connectivity index is 1.83. The number of hydrogen-bond acceptors (Lipinski definition) is 6. The highest BCUT2D eigenvalue weighted by atomic mass is 16.3. The number of benzene rings is 2. The standard InChI is InChI=1S/C19H20O6/c20-14(5-1-12-3-7-16(22)18(24)9-12)11-15(21)6-2-13-4-8-17(23)19(25)10-13/h1,3-5,7-10,15,21-25H,2,6,11H2/t15-/m0/s1. The number of rotatable bonds is 7. The summed E-state index contributed by atoms with van der Waals surface area (Å²) in [6.07, 6.45) is 2.71. The first-order chi connectivity index (χ1) is 11.8. The molecule has 0 aromatic heterocycles. The fourth-order valence-electron chi connectivity index (χ4n) is 2.29. The van der Waals surface area contributed by atoms with Gasteiger partial charge in [-0.2, -0.15) is 0 Å². The average molecular weight is 344 g/mol. The molecular weight excluding hydrogens is 324 g/mol. The first kappa shape index (κ1) is 18.4. The summed E-state index contributed by atoms with van der Waals surface area (Å²) in [4.78, 5) is 11.9. The SMILES string of the molecule is O=C(C=Cc1ccc(O)c(O)c1)C[C@@H](O)CCc1ccc(O)c(O)c1. The topological polar surface area (TPSA) is 118 Å². The van der Waals surface area contributed by atoms with E-state index in [9.17, 15) is 30.3 Å². The average Bonchev–Trinajstić information content (AvgIpc) is 2.57. The molecule has 5 N–H and O–H groups in total. The van der Waals surface area contributed by atoms with Crippen LogP contribution in [-0.4, -0.2) is 37.4 Å². The maximum absolute atomic E-state index is 11.9. The molecule has 0 spiro atoms. The van der Waals surface area contributed by atoms with Gasteiger partial charge in [-0.3, -0.25) is 4.79 Å². The molecule has 0 heterocycles. The minimum atomic E-state index is -0.832.